The molecule has 1 aliphatic carbocycles. The smallest absolute Gasteiger partial charge is 0.251 e. The van der Waals surface area contributed by atoms with Crippen molar-refractivity contribution in [3.05, 3.63) is 0 Å². The van der Waals surface area contributed by atoms with Gasteiger partial charge < -0.3 is 5.73 Å². The van der Waals surface area contributed by atoms with Crippen molar-refractivity contribution in [2.24, 2.45) is 17.6 Å². The van der Waals surface area contributed by atoms with Crippen molar-refractivity contribution in [3.8, 4) is 0 Å². The minimum atomic E-state index is -2.27. The van der Waals surface area contributed by atoms with Crippen molar-refractivity contribution in [3.63, 3.8) is 0 Å². The molecule has 0 aromatic carbocycles. The topological polar surface area (TPSA) is 29.3 Å². The standard InChI is InChI=1S/C11H22F2N2/c1-7-4-8(2)11(9(14)5-7)15(3)6-10(12)13/h7-11H,4-6,14H2,1-3H3. The summed E-state index contributed by atoms with van der Waals surface area (Å²) >= 11 is 0. The predicted molar refractivity (Wildman–Crippen MR) is 58.0 cm³/mol. The van der Waals surface area contributed by atoms with Gasteiger partial charge in [-0.25, -0.2) is 8.78 Å². The molecule has 0 amide bonds. The molecule has 0 aromatic heterocycles. The normalized spacial score (nSPS) is 37.6. The van der Waals surface area contributed by atoms with E-state index in [0.717, 1.165) is 12.8 Å². The lowest BCUT2D eigenvalue weighted by atomic mass is 9.76. The lowest BCUT2D eigenvalue weighted by molar-refractivity contribution is 0.0374. The highest BCUT2D eigenvalue weighted by Crippen LogP contribution is 2.30. The van der Waals surface area contributed by atoms with Crippen LogP contribution in [0.2, 0.25) is 0 Å². The lowest BCUT2D eigenvalue weighted by Crippen LogP contribution is -2.54. The second-order valence-corrected chi connectivity index (χ2v) is 5.04. The number of nitrogens with two attached hydrogens (primary N) is 1. The second-order valence-electron chi connectivity index (χ2n) is 5.04. The summed E-state index contributed by atoms with van der Waals surface area (Å²) in [5.74, 6) is 1.03. The molecule has 90 valence electrons. The van der Waals surface area contributed by atoms with Crippen molar-refractivity contribution in [1.29, 1.82) is 0 Å². The van der Waals surface area contributed by atoms with Crippen LogP contribution in [-0.2, 0) is 0 Å². The van der Waals surface area contributed by atoms with Crippen molar-refractivity contribution in [2.75, 3.05) is 13.6 Å². The maximum absolute atomic E-state index is 12.3. The monoisotopic (exact) mass is 220 g/mol. The van der Waals surface area contributed by atoms with Crippen LogP contribution in [0.25, 0.3) is 0 Å². The minimum Gasteiger partial charge on any atom is -0.326 e. The van der Waals surface area contributed by atoms with Crippen LogP contribution >= 0.6 is 0 Å². The first kappa shape index (κ1) is 12.8. The van der Waals surface area contributed by atoms with Gasteiger partial charge in [-0.3, -0.25) is 4.90 Å². The van der Waals surface area contributed by atoms with Crippen LogP contribution in [-0.4, -0.2) is 37.0 Å². The number of alkyl halides is 2. The summed E-state index contributed by atoms with van der Waals surface area (Å²) < 4.78 is 24.6. The van der Waals surface area contributed by atoms with Crippen molar-refractivity contribution in [1.82, 2.24) is 4.90 Å². The molecule has 2 nitrogen and oxygen atoms in total. The van der Waals surface area contributed by atoms with Crippen LogP contribution in [0.15, 0.2) is 0 Å². The fourth-order valence-corrected chi connectivity index (χ4v) is 3.00. The molecule has 4 unspecified atom stereocenters. The van der Waals surface area contributed by atoms with Crippen LogP contribution in [0.5, 0.6) is 0 Å². The van der Waals surface area contributed by atoms with Gasteiger partial charge in [0.15, 0.2) is 0 Å². The molecule has 0 aliphatic heterocycles. The van der Waals surface area contributed by atoms with E-state index in [1.807, 2.05) is 0 Å². The van der Waals surface area contributed by atoms with Crippen molar-refractivity contribution >= 4 is 0 Å². The second kappa shape index (κ2) is 5.21. The quantitative estimate of drug-likeness (QED) is 0.787. The Bertz CT molecular complexity index is 187. The molecule has 1 saturated carbocycles. The first-order valence-electron chi connectivity index (χ1n) is 5.65. The van der Waals surface area contributed by atoms with E-state index < -0.39 is 6.43 Å². The average Bonchev–Trinajstić information content (AvgIpc) is 1.99. The van der Waals surface area contributed by atoms with Crippen LogP contribution in [0.3, 0.4) is 0 Å². The third kappa shape index (κ3) is 3.38. The van der Waals surface area contributed by atoms with Crippen LogP contribution in [0, 0.1) is 11.8 Å². The summed E-state index contributed by atoms with van der Waals surface area (Å²) in [7, 11) is 1.75. The van der Waals surface area contributed by atoms with Crippen molar-refractivity contribution in [2.45, 2.75) is 45.2 Å². The lowest BCUT2D eigenvalue weighted by Gasteiger charge is -2.42. The number of halogens is 2. The highest BCUT2D eigenvalue weighted by Gasteiger charge is 2.34. The van der Waals surface area contributed by atoms with Gasteiger partial charge in [-0.1, -0.05) is 13.8 Å². The summed E-state index contributed by atoms with van der Waals surface area (Å²) in [6.45, 7) is 4.12. The van der Waals surface area contributed by atoms with Gasteiger partial charge in [-0.2, -0.15) is 0 Å². The molecule has 0 saturated heterocycles. The van der Waals surface area contributed by atoms with Crippen LogP contribution in [0.1, 0.15) is 26.7 Å². The zero-order valence-electron chi connectivity index (χ0n) is 9.79. The van der Waals surface area contributed by atoms with E-state index in [0.29, 0.717) is 11.8 Å². The average molecular weight is 220 g/mol. The maximum Gasteiger partial charge on any atom is 0.251 e. The number of hydrogen-bond acceptors (Lipinski definition) is 2. The van der Waals surface area contributed by atoms with Gasteiger partial charge in [0.25, 0.3) is 6.43 Å². The number of rotatable bonds is 3. The summed E-state index contributed by atoms with van der Waals surface area (Å²) in [5, 5.41) is 0. The van der Waals surface area contributed by atoms with E-state index in [1.165, 1.54) is 0 Å². The number of hydrogen-bond donors (Lipinski definition) is 1. The summed E-state index contributed by atoms with van der Waals surface area (Å²) in [5.41, 5.74) is 6.05. The van der Waals surface area contributed by atoms with Gasteiger partial charge in [-0.15, -0.1) is 0 Å². The van der Waals surface area contributed by atoms with E-state index >= 15 is 0 Å². The number of nitrogens with zero attached hydrogens (tertiary/aromatic N) is 1. The largest absolute Gasteiger partial charge is 0.326 e. The molecular weight excluding hydrogens is 198 g/mol. The Balaban J connectivity index is 2.58. The Morgan fingerprint density at radius 2 is 1.93 bits per heavy atom. The van der Waals surface area contributed by atoms with Gasteiger partial charge in [0.05, 0.1) is 6.54 Å². The molecule has 0 bridgehead atoms. The molecule has 15 heavy (non-hydrogen) atoms. The van der Waals surface area contributed by atoms with E-state index in [-0.39, 0.29) is 18.6 Å². The molecule has 0 spiro atoms. The fourth-order valence-electron chi connectivity index (χ4n) is 3.00. The molecule has 2 N–H and O–H groups in total. The van der Waals surface area contributed by atoms with E-state index in [9.17, 15) is 8.78 Å². The summed E-state index contributed by atoms with van der Waals surface area (Å²) in [6, 6.07) is 0.141. The Morgan fingerprint density at radius 3 is 2.40 bits per heavy atom. The zero-order valence-corrected chi connectivity index (χ0v) is 9.79. The van der Waals surface area contributed by atoms with E-state index in [2.05, 4.69) is 13.8 Å². The summed E-state index contributed by atoms with van der Waals surface area (Å²) in [6.07, 6.45) is -0.233. The fraction of sp³-hybridized carbons (Fsp3) is 1.00. The highest BCUT2D eigenvalue weighted by molar-refractivity contribution is 4.91. The zero-order chi connectivity index (χ0) is 11.6. The van der Waals surface area contributed by atoms with Crippen molar-refractivity contribution < 1.29 is 8.78 Å². The van der Waals surface area contributed by atoms with Gasteiger partial charge >= 0.3 is 0 Å². The van der Waals surface area contributed by atoms with Crippen LogP contribution < -0.4 is 5.73 Å². The molecule has 0 heterocycles. The minimum absolute atomic E-state index is 0.0347. The maximum atomic E-state index is 12.3. The van der Waals surface area contributed by atoms with Gasteiger partial charge in [0.1, 0.15) is 0 Å². The molecule has 1 aliphatic rings. The highest BCUT2D eigenvalue weighted by atomic mass is 19.3. The van der Waals surface area contributed by atoms with E-state index in [4.69, 9.17) is 5.73 Å². The van der Waals surface area contributed by atoms with Gasteiger partial charge in [0, 0.05) is 12.1 Å². The predicted octanol–water partition coefficient (Wildman–Crippen LogP) is 1.95. The van der Waals surface area contributed by atoms with Crippen LogP contribution in [0.4, 0.5) is 8.78 Å². The number of likely N-dealkylation sites (N-methyl/N-ethyl adjacent to an activating group) is 1. The Hall–Kier alpha value is -0.220. The summed E-state index contributed by atoms with van der Waals surface area (Å²) in [4.78, 5) is 1.73. The SMILES string of the molecule is CC1CC(C)C(N(C)CC(F)F)C(N)C1. The first-order valence-corrected chi connectivity index (χ1v) is 5.65. The Kier molecular flexibility index (Phi) is 4.46. The molecule has 4 heteroatoms. The van der Waals surface area contributed by atoms with Gasteiger partial charge in [-0.05, 0) is 31.7 Å². The first-order chi connectivity index (χ1) is 6.91. The third-order valence-corrected chi connectivity index (χ3v) is 3.41. The Labute approximate surface area is 90.8 Å². The molecule has 4 atom stereocenters. The third-order valence-electron chi connectivity index (χ3n) is 3.41. The van der Waals surface area contributed by atoms with E-state index in [1.54, 1.807) is 11.9 Å². The van der Waals surface area contributed by atoms with Gasteiger partial charge in [0.2, 0.25) is 0 Å². The molecule has 0 radical (unpaired) electrons. The molecule has 0 aromatic rings. The molecule has 1 rings (SSSR count). The molecule has 1 fully saturated rings. The Morgan fingerprint density at radius 1 is 1.33 bits per heavy atom. The molecular formula is C11H22F2N2.